The summed E-state index contributed by atoms with van der Waals surface area (Å²) in [5.74, 6) is 1.09. The van der Waals surface area contributed by atoms with Gasteiger partial charge in [0.25, 0.3) is 0 Å². The molecule has 14 heavy (non-hydrogen) atoms. The Kier molecular flexibility index (Phi) is 4.42. The van der Waals surface area contributed by atoms with Gasteiger partial charge in [-0.15, -0.1) is 0 Å². The molecule has 1 saturated heterocycles. The molecule has 2 atom stereocenters. The highest BCUT2D eigenvalue weighted by molar-refractivity contribution is 7.92. The molecule has 0 saturated carbocycles. The van der Waals surface area contributed by atoms with E-state index in [0.29, 0.717) is 11.7 Å². The van der Waals surface area contributed by atoms with Crippen molar-refractivity contribution in [2.24, 2.45) is 5.92 Å². The normalized spacial score (nSPS) is 31.6. The zero-order chi connectivity index (χ0) is 10.6. The molecule has 0 aliphatic carbocycles. The Bertz CT molecular complexity index is 256. The van der Waals surface area contributed by atoms with Crippen LogP contribution in [0.25, 0.3) is 0 Å². The van der Waals surface area contributed by atoms with Gasteiger partial charge in [-0.05, 0) is 25.7 Å². The number of rotatable bonds is 4. The lowest BCUT2D eigenvalue weighted by Crippen LogP contribution is -2.30. The van der Waals surface area contributed by atoms with Crippen LogP contribution in [0.2, 0.25) is 0 Å². The summed E-state index contributed by atoms with van der Waals surface area (Å²) in [5, 5.41) is -0.0946. The summed E-state index contributed by atoms with van der Waals surface area (Å²) >= 11 is 0. The smallest absolute Gasteiger partial charge is 0.152 e. The lowest BCUT2D eigenvalue weighted by atomic mass is 9.93. The number of unbranched alkanes of at least 4 members (excludes halogenated alkanes) is 2. The fourth-order valence-electron chi connectivity index (χ4n) is 2.21. The minimum Gasteiger partial charge on any atom is -0.229 e. The number of hydrogen-bond acceptors (Lipinski definition) is 2. The molecule has 0 spiro atoms. The van der Waals surface area contributed by atoms with Crippen LogP contribution >= 0.6 is 0 Å². The molecule has 1 aliphatic rings. The Morgan fingerprint density at radius 3 is 2.57 bits per heavy atom. The fourth-order valence-corrected chi connectivity index (χ4v) is 3.84. The van der Waals surface area contributed by atoms with Gasteiger partial charge in [-0.2, -0.15) is 0 Å². The topological polar surface area (TPSA) is 34.1 Å². The summed E-state index contributed by atoms with van der Waals surface area (Å²) in [7, 11) is -2.72. The SMILES string of the molecule is CCCCC[C@@H]1CCS(=O)(=O)[C@@H](C)C1. The van der Waals surface area contributed by atoms with Gasteiger partial charge in [0, 0.05) is 0 Å². The second-order valence-corrected chi connectivity index (χ2v) is 7.10. The second-order valence-electron chi connectivity index (χ2n) is 4.56. The molecule has 0 aromatic carbocycles. The highest BCUT2D eigenvalue weighted by Gasteiger charge is 2.30. The van der Waals surface area contributed by atoms with Gasteiger partial charge in [0.1, 0.15) is 0 Å². The summed E-state index contributed by atoms with van der Waals surface area (Å²) in [5.41, 5.74) is 0. The second kappa shape index (κ2) is 5.15. The third-order valence-corrected chi connectivity index (χ3v) is 5.53. The monoisotopic (exact) mass is 218 g/mol. The van der Waals surface area contributed by atoms with Crippen LogP contribution in [0.5, 0.6) is 0 Å². The standard InChI is InChI=1S/C11H22O2S/c1-3-4-5-6-11-7-8-14(12,13)10(2)9-11/h10-11H,3-9H2,1-2H3/t10-,11+/m0/s1. The maximum absolute atomic E-state index is 11.5. The molecule has 0 amide bonds. The molecule has 1 rings (SSSR count). The van der Waals surface area contributed by atoms with Crippen molar-refractivity contribution < 1.29 is 8.42 Å². The third-order valence-electron chi connectivity index (χ3n) is 3.30. The molecular weight excluding hydrogens is 196 g/mol. The van der Waals surface area contributed by atoms with E-state index in [2.05, 4.69) is 6.92 Å². The summed E-state index contributed by atoms with van der Waals surface area (Å²) in [4.78, 5) is 0. The van der Waals surface area contributed by atoms with Crippen molar-refractivity contribution in [3.05, 3.63) is 0 Å². The largest absolute Gasteiger partial charge is 0.229 e. The van der Waals surface area contributed by atoms with Crippen LogP contribution in [-0.4, -0.2) is 19.4 Å². The third kappa shape index (κ3) is 3.26. The predicted molar refractivity (Wildman–Crippen MR) is 60.1 cm³/mol. The first-order valence-electron chi connectivity index (χ1n) is 5.78. The summed E-state index contributed by atoms with van der Waals surface area (Å²) in [6.45, 7) is 4.06. The van der Waals surface area contributed by atoms with E-state index in [1.54, 1.807) is 0 Å². The molecule has 3 heteroatoms. The predicted octanol–water partition coefficient (Wildman–Crippen LogP) is 2.78. The van der Waals surface area contributed by atoms with Gasteiger partial charge in [0.05, 0.1) is 11.0 Å². The molecule has 0 radical (unpaired) electrons. The quantitative estimate of drug-likeness (QED) is 0.680. The van der Waals surface area contributed by atoms with Crippen LogP contribution in [-0.2, 0) is 9.84 Å². The first-order chi connectivity index (χ1) is 6.56. The van der Waals surface area contributed by atoms with Crippen molar-refractivity contribution in [3.63, 3.8) is 0 Å². The molecule has 0 aromatic rings. The molecule has 1 fully saturated rings. The molecule has 1 heterocycles. The van der Waals surface area contributed by atoms with Crippen molar-refractivity contribution in [1.29, 1.82) is 0 Å². The average molecular weight is 218 g/mol. The summed E-state index contributed by atoms with van der Waals surface area (Å²) < 4.78 is 22.9. The minimum atomic E-state index is -2.72. The van der Waals surface area contributed by atoms with E-state index >= 15 is 0 Å². The van der Waals surface area contributed by atoms with Gasteiger partial charge in [0.2, 0.25) is 0 Å². The van der Waals surface area contributed by atoms with Crippen molar-refractivity contribution in [3.8, 4) is 0 Å². The molecule has 0 unspecified atom stereocenters. The van der Waals surface area contributed by atoms with E-state index in [9.17, 15) is 8.42 Å². The Morgan fingerprint density at radius 2 is 2.00 bits per heavy atom. The lowest BCUT2D eigenvalue weighted by Gasteiger charge is -2.26. The maximum Gasteiger partial charge on any atom is 0.152 e. The molecule has 0 N–H and O–H groups in total. The van der Waals surface area contributed by atoms with E-state index in [0.717, 1.165) is 12.8 Å². The molecule has 1 aliphatic heterocycles. The van der Waals surface area contributed by atoms with Crippen LogP contribution in [0.3, 0.4) is 0 Å². The highest BCUT2D eigenvalue weighted by atomic mass is 32.2. The Labute approximate surface area is 88.0 Å². The average Bonchev–Trinajstić information content (AvgIpc) is 2.12. The molecule has 84 valence electrons. The zero-order valence-corrected chi connectivity index (χ0v) is 10.1. The highest BCUT2D eigenvalue weighted by Crippen LogP contribution is 2.28. The minimum absolute atomic E-state index is 0.0946. The van der Waals surface area contributed by atoms with E-state index in [-0.39, 0.29) is 5.25 Å². The summed E-state index contributed by atoms with van der Waals surface area (Å²) in [6, 6.07) is 0. The molecule has 0 aromatic heterocycles. The van der Waals surface area contributed by atoms with Crippen LogP contribution in [0.4, 0.5) is 0 Å². The number of hydrogen-bond donors (Lipinski definition) is 0. The Hall–Kier alpha value is -0.0500. The Balaban J connectivity index is 2.32. The molecule has 0 bridgehead atoms. The van der Waals surface area contributed by atoms with Gasteiger partial charge in [-0.25, -0.2) is 8.42 Å². The van der Waals surface area contributed by atoms with E-state index in [1.807, 2.05) is 6.92 Å². The van der Waals surface area contributed by atoms with Crippen LogP contribution in [0, 0.1) is 5.92 Å². The van der Waals surface area contributed by atoms with Crippen molar-refractivity contribution in [1.82, 2.24) is 0 Å². The fraction of sp³-hybridized carbons (Fsp3) is 1.00. The number of sulfone groups is 1. The molecule has 2 nitrogen and oxygen atoms in total. The van der Waals surface area contributed by atoms with Gasteiger partial charge < -0.3 is 0 Å². The van der Waals surface area contributed by atoms with E-state index < -0.39 is 9.84 Å². The molecular formula is C11H22O2S. The first-order valence-corrected chi connectivity index (χ1v) is 7.49. The summed E-state index contributed by atoms with van der Waals surface area (Å²) in [6.07, 6.45) is 6.84. The van der Waals surface area contributed by atoms with Crippen LogP contribution in [0.1, 0.15) is 52.4 Å². The van der Waals surface area contributed by atoms with Crippen molar-refractivity contribution >= 4 is 9.84 Å². The van der Waals surface area contributed by atoms with Gasteiger partial charge in [-0.3, -0.25) is 0 Å². The van der Waals surface area contributed by atoms with Crippen LogP contribution in [0.15, 0.2) is 0 Å². The van der Waals surface area contributed by atoms with Gasteiger partial charge >= 0.3 is 0 Å². The van der Waals surface area contributed by atoms with Crippen LogP contribution < -0.4 is 0 Å². The van der Waals surface area contributed by atoms with Gasteiger partial charge in [0.15, 0.2) is 9.84 Å². The maximum atomic E-state index is 11.5. The van der Waals surface area contributed by atoms with E-state index in [4.69, 9.17) is 0 Å². The van der Waals surface area contributed by atoms with E-state index in [1.165, 1.54) is 25.7 Å². The van der Waals surface area contributed by atoms with Crippen molar-refractivity contribution in [2.45, 2.75) is 57.6 Å². The van der Waals surface area contributed by atoms with Gasteiger partial charge in [-0.1, -0.05) is 32.6 Å². The van der Waals surface area contributed by atoms with Crippen molar-refractivity contribution in [2.75, 3.05) is 5.75 Å². The zero-order valence-electron chi connectivity index (χ0n) is 9.33. The lowest BCUT2D eigenvalue weighted by molar-refractivity contribution is 0.392. The first kappa shape index (κ1) is 12.0. The Morgan fingerprint density at radius 1 is 1.29 bits per heavy atom.